The van der Waals surface area contributed by atoms with Crippen molar-refractivity contribution in [2.24, 2.45) is 0 Å². The van der Waals surface area contributed by atoms with E-state index in [0.717, 1.165) is 10.6 Å². The molecule has 0 atom stereocenters. The number of nitrogens with one attached hydrogen (secondary N) is 1. The Hall–Kier alpha value is -1.48. The topological polar surface area (TPSA) is 29.1 Å². The Morgan fingerprint density at radius 2 is 1.87 bits per heavy atom. The third-order valence-corrected chi connectivity index (χ3v) is 1.88. The Bertz CT molecular complexity index is 395. The molecule has 15 heavy (non-hydrogen) atoms. The van der Waals surface area contributed by atoms with Gasteiger partial charge in [-0.2, -0.15) is 0 Å². The molecule has 1 aromatic carbocycles. The lowest BCUT2D eigenvalue weighted by Crippen LogP contribution is -2.21. The molecule has 0 fully saturated rings. The number of amides is 1. The van der Waals surface area contributed by atoms with E-state index >= 15 is 0 Å². The normalized spacial score (nSPS) is 10.9. The molecule has 1 amide bonds. The number of hydrogen-bond acceptors (Lipinski definition) is 2. The van der Waals surface area contributed by atoms with Crippen LogP contribution in [0.25, 0.3) is 0 Å². The number of hydrogen-bond donors (Lipinski definition) is 1. The summed E-state index contributed by atoms with van der Waals surface area (Å²) in [6.07, 6.45) is 1.76. The molecule has 0 spiro atoms. The van der Waals surface area contributed by atoms with Gasteiger partial charge in [-0.15, -0.1) is 0 Å². The lowest BCUT2D eigenvalue weighted by atomic mass is 10.2. The molecule has 78 valence electrons. The molecule has 0 aliphatic rings. The van der Waals surface area contributed by atoms with Crippen molar-refractivity contribution in [2.45, 2.75) is 13.8 Å². The van der Waals surface area contributed by atoms with E-state index in [4.69, 9.17) is 12.2 Å². The molecule has 1 aromatic rings. The van der Waals surface area contributed by atoms with Crippen LogP contribution in [0.1, 0.15) is 24.2 Å². The van der Waals surface area contributed by atoms with Crippen LogP contribution in [0.3, 0.4) is 0 Å². The third-order valence-electron chi connectivity index (χ3n) is 1.77. The second-order valence-electron chi connectivity index (χ2n) is 3.26. The predicted molar refractivity (Wildman–Crippen MR) is 65.9 cm³/mol. The van der Waals surface area contributed by atoms with Crippen molar-refractivity contribution in [1.82, 2.24) is 5.32 Å². The Morgan fingerprint density at radius 3 is 2.40 bits per heavy atom. The number of carbonyl (C=O) groups is 1. The molecule has 1 rings (SSSR count). The van der Waals surface area contributed by atoms with Crippen LogP contribution in [-0.4, -0.2) is 10.8 Å². The van der Waals surface area contributed by atoms with E-state index in [2.05, 4.69) is 5.32 Å². The fraction of sp³-hybridized carbons (Fsp3) is 0.167. The highest BCUT2D eigenvalue weighted by Gasteiger charge is 2.03. The highest BCUT2D eigenvalue weighted by Crippen LogP contribution is 1.99. The van der Waals surface area contributed by atoms with Crippen LogP contribution in [0.15, 0.2) is 42.1 Å². The summed E-state index contributed by atoms with van der Waals surface area (Å²) >= 11 is 4.91. The third kappa shape index (κ3) is 4.04. The number of benzene rings is 1. The number of allylic oxidation sites excluding steroid dienone is 2. The van der Waals surface area contributed by atoms with E-state index < -0.39 is 0 Å². The van der Waals surface area contributed by atoms with Crippen molar-refractivity contribution in [3.05, 3.63) is 47.7 Å². The second kappa shape index (κ2) is 5.41. The van der Waals surface area contributed by atoms with Crippen molar-refractivity contribution in [2.75, 3.05) is 0 Å². The van der Waals surface area contributed by atoms with Crippen LogP contribution in [-0.2, 0) is 0 Å². The zero-order valence-electron chi connectivity index (χ0n) is 8.78. The van der Waals surface area contributed by atoms with E-state index in [1.807, 2.05) is 32.0 Å². The highest BCUT2D eigenvalue weighted by atomic mass is 32.1. The van der Waals surface area contributed by atoms with Gasteiger partial charge in [0.2, 0.25) is 0 Å². The SMILES string of the molecule is CC(=S)/C=C(/C)NC(=O)c1ccccc1. The first-order chi connectivity index (χ1) is 7.09. The van der Waals surface area contributed by atoms with Gasteiger partial charge in [0.25, 0.3) is 5.91 Å². The van der Waals surface area contributed by atoms with Crippen molar-refractivity contribution in [3.8, 4) is 0 Å². The van der Waals surface area contributed by atoms with Crippen LogP contribution >= 0.6 is 12.2 Å². The number of carbonyl (C=O) groups excluding carboxylic acids is 1. The maximum absolute atomic E-state index is 11.6. The fourth-order valence-electron chi connectivity index (χ4n) is 1.18. The maximum atomic E-state index is 11.6. The fourth-order valence-corrected chi connectivity index (χ4v) is 1.36. The first kappa shape index (κ1) is 11.6. The number of thiocarbonyl (C=S) groups is 1. The molecule has 0 aromatic heterocycles. The van der Waals surface area contributed by atoms with Gasteiger partial charge in [-0.1, -0.05) is 30.4 Å². The standard InChI is InChI=1S/C12H13NOS/c1-9(8-10(2)15)13-12(14)11-6-4-3-5-7-11/h3-8H,1-2H3,(H,13,14)/b9-8-. The zero-order valence-corrected chi connectivity index (χ0v) is 9.60. The van der Waals surface area contributed by atoms with Gasteiger partial charge in [0.05, 0.1) is 0 Å². The summed E-state index contributed by atoms with van der Waals surface area (Å²) in [4.78, 5) is 12.4. The highest BCUT2D eigenvalue weighted by molar-refractivity contribution is 7.80. The van der Waals surface area contributed by atoms with Crippen molar-refractivity contribution in [1.29, 1.82) is 0 Å². The predicted octanol–water partition coefficient (Wildman–Crippen LogP) is 2.71. The summed E-state index contributed by atoms with van der Waals surface area (Å²) in [5, 5.41) is 2.76. The van der Waals surface area contributed by atoms with Crippen molar-refractivity contribution < 1.29 is 4.79 Å². The molecule has 3 heteroatoms. The van der Waals surface area contributed by atoms with Crippen LogP contribution in [0.4, 0.5) is 0 Å². The summed E-state index contributed by atoms with van der Waals surface area (Å²) in [6.45, 7) is 3.63. The zero-order chi connectivity index (χ0) is 11.3. The van der Waals surface area contributed by atoms with Crippen LogP contribution in [0.5, 0.6) is 0 Å². The lowest BCUT2D eigenvalue weighted by Gasteiger charge is -2.04. The summed E-state index contributed by atoms with van der Waals surface area (Å²) < 4.78 is 0. The summed E-state index contributed by atoms with van der Waals surface area (Å²) in [6, 6.07) is 9.08. The molecular weight excluding hydrogens is 206 g/mol. The quantitative estimate of drug-likeness (QED) is 0.625. The average Bonchev–Trinajstić information content (AvgIpc) is 2.17. The molecular formula is C12H13NOS. The van der Waals surface area contributed by atoms with E-state index in [1.165, 1.54) is 0 Å². The molecule has 0 aliphatic carbocycles. The molecule has 0 saturated carbocycles. The second-order valence-corrected chi connectivity index (χ2v) is 3.90. The monoisotopic (exact) mass is 219 g/mol. The molecule has 0 bridgehead atoms. The summed E-state index contributed by atoms with van der Waals surface area (Å²) in [7, 11) is 0. The Kier molecular flexibility index (Phi) is 4.18. The van der Waals surface area contributed by atoms with Crippen molar-refractivity contribution in [3.63, 3.8) is 0 Å². The largest absolute Gasteiger partial charge is 0.326 e. The van der Waals surface area contributed by atoms with Gasteiger partial charge in [0.1, 0.15) is 0 Å². The van der Waals surface area contributed by atoms with E-state index in [-0.39, 0.29) is 5.91 Å². The minimum Gasteiger partial charge on any atom is -0.326 e. The molecule has 0 aliphatic heterocycles. The maximum Gasteiger partial charge on any atom is 0.255 e. The van der Waals surface area contributed by atoms with E-state index in [1.54, 1.807) is 18.2 Å². The Morgan fingerprint density at radius 1 is 1.27 bits per heavy atom. The van der Waals surface area contributed by atoms with E-state index in [9.17, 15) is 4.79 Å². The lowest BCUT2D eigenvalue weighted by molar-refractivity contribution is 0.0966. The van der Waals surface area contributed by atoms with Gasteiger partial charge in [-0.05, 0) is 32.1 Å². The van der Waals surface area contributed by atoms with Gasteiger partial charge in [-0.3, -0.25) is 4.79 Å². The van der Waals surface area contributed by atoms with Gasteiger partial charge in [0.15, 0.2) is 0 Å². The minimum absolute atomic E-state index is 0.111. The minimum atomic E-state index is -0.111. The first-order valence-corrected chi connectivity index (χ1v) is 5.05. The summed E-state index contributed by atoms with van der Waals surface area (Å²) in [5.74, 6) is -0.111. The van der Waals surface area contributed by atoms with Crippen LogP contribution < -0.4 is 5.32 Å². The smallest absolute Gasteiger partial charge is 0.255 e. The molecule has 0 heterocycles. The van der Waals surface area contributed by atoms with E-state index in [0.29, 0.717) is 5.56 Å². The molecule has 0 saturated heterocycles. The molecule has 0 radical (unpaired) electrons. The molecule has 0 unspecified atom stereocenters. The van der Waals surface area contributed by atoms with Gasteiger partial charge < -0.3 is 5.32 Å². The van der Waals surface area contributed by atoms with Crippen LogP contribution in [0.2, 0.25) is 0 Å². The Balaban J connectivity index is 2.69. The van der Waals surface area contributed by atoms with Gasteiger partial charge in [-0.25, -0.2) is 0 Å². The van der Waals surface area contributed by atoms with Crippen LogP contribution in [0, 0.1) is 0 Å². The Labute approximate surface area is 95.0 Å². The summed E-state index contributed by atoms with van der Waals surface area (Å²) in [5.41, 5.74) is 1.41. The average molecular weight is 219 g/mol. The van der Waals surface area contributed by atoms with Crippen molar-refractivity contribution >= 4 is 23.0 Å². The van der Waals surface area contributed by atoms with Gasteiger partial charge >= 0.3 is 0 Å². The first-order valence-electron chi connectivity index (χ1n) is 4.65. The van der Waals surface area contributed by atoms with Gasteiger partial charge in [0, 0.05) is 16.1 Å². The number of rotatable bonds is 3. The molecule has 1 N–H and O–H groups in total. The molecule has 2 nitrogen and oxygen atoms in total.